The Bertz CT molecular complexity index is 1340. The first-order chi connectivity index (χ1) is 16.0. The molecule has 0 aliphatic carbocycles. The molecule has 0 aliphatic rings. The highest BCUT2D eigenvalue weighted by atomic mass is 16.5. The number of hydrogen-bond acceptors (Lipinski definition) is 5. The monoisotopic (exact) mass is 438 g/mol. The maximum Gasteiger partial charge on any atom is 0.343 e. The van der Waals surface area contributed by atoms with E-state index in [1.54, 1.807) is 42.5 Å². The molecule has 0 aliphatic heterocycles. The van der Waals surface area contributed by atoms with E-state index >= 15 is 0 Å². The van der Waals surface area contributed by atoms with Gasteiger partial charge in [-0.1, -0.05) is 54.1 Å². The maximum atomic E-state index is 12.7. The minimum atomic E-state index is -0.472. The summed E-state index contributed by atoms with van der Waals surface area (Å²) in [6.07, 6.45) is 1.48. The van der Waals surface area contributed by atoms with E-state index < -0.39 is 5.97 Å². The number of carbonyl (C=O) groups is 2. The third kappa shape index (κ3) is 5.07. The summed E-state index contributed by atoms with van der Waals surface area (Å²) >= 11 is 0. The second-order valence-corrected chi connectivity index (χ2v) is 7.39. The van der Waals surface area contributed by atoms with Crippen LogP contribution in [0, 0.1) is 6.92 Å². The van der Waals surface area contributed by atoms with Crippen LogP contribution < -0.4 is 14.9 Å². The zero-order valence-corrected chi connectivity index (χ0v) is 18.2. The molecule has 33 heavy (non-hydrogen) atoms. The molecular weight excluding hydrogens is 416 g/mol. The van der Waals surface area contributed by atoms with Gasteiger partial charge in [-0.05, 0) is 54.1 Å². The highest BCUT2D eigenvalue weighted by Gasteiger charge is 2.14. The van der Waals surface area contributed by atoms with Gasteiger partial charge in [0.1, 0.15) is 11.5 Å². The highest BCUT2D eigenvalue weighted by Crippen LogP contribution is 2.27. The Morgan fingerprint density at radius 1 is 0.879 bits per heavy atom. The van der Waals surface area contributed by atoms with Gasteiger partial charge in [-0.15, -0.1) is 0 Å². The summed E-state index contributed by atoms with van der Waals surface area (Å²) in [5.74, 6) is 0.0635. The molecule has 0 spiro atoms. The van der Waals surface area contributed by atoms with Crippen LogP contribution in [0.1, 0.15) is 31.8 Å². The number of nitrogens with zero attached hydrogens (tertiary/aromatic N) is 1. The Hall–Kier alpha value is -4.45. The molecule has 6 heteroatoms. The minimum Gasteiger partial charge on any atom is -0.497 e. The lowest BCUT2D eigenvalue weighted by Gasteiger charge is -2.11. The summed E-state index contributed by atoms with van der Waals surface area (Å²) < 4.78 is 10.8. The van der Waals surface area contributed by atoms with Gasteiger partial charge < -0.3 is 9.47 Å². The van der Waals surface area contributed by atoms with Crippen LogP contribution in [-0.4, -0.2) is 25.2 Å². The van der Waals surface area contributed by atoms with Gasteiger partial charge in [-0.2, -0.15) is 5.10 Å². The number of nitrogens with one attached hydrogen (secondary N) is 1. The maximum absolute atomic E-state index is 12.7. The van der Waals surface area contributed by atoms with Crippen molar-refractivity contribution in [2.24, 2.45) is 5.10 Å². The van der Waals surface area contributed by atoms with E-state index in [0.29, 0.717) is 28.2 Å². The van der Waals surface area contributed by atoms with Crippen LogP contribution in [-0.2, 0) is 0 Å². The van der Waals surface area contributed by atoms with Gasteiger partial charge in [0.25, 0.3) is 5.91 Å². The van der Waals surface area contributed by atoms with E-state index in [1.807, 2.05) is 49.4 Å². The van der Waals surface area contributed by atoms with E-state index in [1.165, 1.54) is 13.3 Å². The summed E-state index contributed by atoms with van der Waals surface area (Å²) in [7, 11) is 1.54. The topological polar surface area (TPSA) is 77.0 Å². The SMILES string of the molecule is COc1cccc(C(=O)N/N=C\c2c(OC(=O)c3ccc(C)cc3)ccc3ccccc23)c1. The molecule has 0 heterocycles. The lowest BCUT2D eigenvalue weighted by atomic mass is 10.0. The van der Waals surface area contributed by atoms with Crippen LogP contribution in [0.5, 0.6) is 11.5 Å². The first kappa shape index (κ1) is 21.8. The average Bonchev–Trinajstić information content (AvgIpc) is 2.85. The predicted molar refractivity (Wildman–Crippen MR) is 128 cm³/mol. The van der Waals surface area contributed by atoms with Gasteiger partial charge in [0, 0.05) is 11.1 Å². The van der Waals surface area contributed by atoms with E-state index in [0.717, 1.165) is 16.3 Å². The number of methoxy groups -OCH3 is 1. The minimum absolute atomic E-state index is 0.346. The summed E-state index contributed by atoms with van der Waals surface area (Å²) in [4.78, 5) is 25.2. The van der Waals surface area contributed by atoms with Crippen molar-refractivity contribution in [3.63, 3.8) is 0 Å². The van der Waals surface area contributed by atoms with Crippen molar-refractivity contribution >= 4 is 28.9 Å². The van der Waals surface area contributed by atoms with E-state index in [4.69, 9.17) is 9.47 Å². The number of rotatable bonds is 6. The summed E-state index contributed by atoms with van der Waals surface area (Å²) in [6, 6.07) is 25.2. The molecule has 1 amide bonds. The Balaban J connectivity index is 1.61. The van der Waals surface area contributed by atoms with Crippen LogP contribution in [0.3, 0.4) is 0 Å². The van der Waals surface area contributed by atoms with Crippen molar-refractivity contribution in [1.82, 2.24) is 5.43 Å². The molecular formula is C27H22N2O4. The van der Waals surface area contributed by atoms with Crippen molar-refractivity contribution in [2.45, 2.75) is 6.92 Å². The van der Waals surface area contributed by atoms with E-state index in [-0.39, 0.29) is 5.91 Å². The molecule has 0 saturated carbocycles. The van der Waals surface area contributed by atoms with Gasteiger partial charge in [0.15, 0.2) is 0 Å². The number of esters is 1. The Labute approximate surface area is 191 Å². The molecule has 0 bridgehead atoms. The Kier molecular flexibility index (Phi) is 6.45. The molecule has 4 rings (SSSR count). The fraction of sp³-hybridized carbons (Fsp3) is 0.0741. The van der Waals surface area contributed by atoms with Gasteiger partial charge in [0.2, 0.25) is 0 Å². The molecule has 4 aromatic carbocycles. The normalized spacial score (nSPS) is 10.8. The predicted octanol–water partition coefficient (Wildman–Crippen LogP) is 5.14. The van der Waals surface area contributed by atoms with Crippen molar-refractivity contribution in [3.8, 4) is 11.5 Å². The van der Waals surface area contributed by atoms with Crippen LogP contribution in [0.4, 0.5) is 0 Å². The second-order valence-electron chi connectivity index (χ2n) is 7.39. The number of aryl methyl sites for hydroxylation is 1. The molecule has 4 aromatic rings. The summed E-state index contributed by atoms with van der Waals surface area (Å²) in [5.41, 5.74) is 5.01. The lowest BCUT2D eigenvalue weighted by molar-refractivity contribution is 0.0734. The molecule has 0 radical (unpaired) electrons. The molecule has 164 valence electrons. The number of hydrazone groups is 1. The summed E-state index contributed by atoms with van der Waals surface area (Å²) in [5, 5.41) is 5.91. The van der Waals surface area contributed by atoms with Crippen LogP contribution in [0.25, 0.3) is 10.8 Å². The largest absolute Gasteiger partial charge is 0.497 e. The molecule has 6 nitrogen and oxygen atoms in total. The van der Waals surface area contributed by atoms with Gasteiger partial charge in [-0.3, -0.25) is 4.79 Å². The number of carbonyl (C=O) groups excluding carboxylic acids is 2. The first-order valence-corrected chi connectivity index (χ1v) is 10.3. The van der Waals surface area contributed by atoms with E-state index in [9.17, 15) is 9.59 Å². The van der Waals surface area contributed by atoms with Gasteiger partial charge in [-0.25, -0.2) is 10.2 Å². The number of hydrogen-bond donors (Lipinski definition) is 1. The van der Waals surface area contributed by atoms with Crippen molar-refractivity contribution in [1.29, 1.82) is 0 Å². The van der Waals surface area contributed by atoms with Crippen LogP contribution in [0.15, 0.2) is 90.0 Å². The smallest absolute Gasteiger partial charge is 0.343 e. The lowest BCUT2D eigenvalue weighted by Crippen LogP contribution is -2.17. The molecule has 0 unspecified atom stereocenters. The number of ether oxygens (including phenoxy) is 2. The third-order valence-electron chi connectivity index (χ3n) is 5.11. The average molecular weight is 438 g/mol. The molecule has 0 fully saturated rings. The van der Waals surface area contributed by atoms with Crippen LogP contribution in [0.2, 0.25) is 0 Å². The number of fused-ring (bicyclic) bond motifs is 1. The third-order valence-corrected chi connectivity index (χ3v) is 5.11. The van der Waals surface area contributed by atoms with Crippen molar-refractivity contribution in [3.05, 3.63) is 107 Å². The molecule has 1 N–H and O–H groups in total. The van der Waals surface area contributed by atoms with Crippen molar-refractivity contribution < 1.29 is 19.1 Å². The van der Waals surface area contributed by atoms with Crippen LogP contribution >= 0.6 is 0 Å². The quantitative estimate of drug-likeness (QED) is 0.196. The Morgan fingerprint density at radius 3 is 2.45 bits per heavy atom. The summed E-state index contributed by atoms with van der Waals surface area (Å²) in [6.45, 7) is 1.95. The standard InChI is InChI=1S/C27H22N2O4/c1-18-10-12-20(13-11-18)27(31)33-25-15-14-19-6-3-4-9-23(19)24(25)17-28-29-26(30)21-7-5-8-22(16-21)32-2/h3-17H,1-2H3,(H,29,30)/b28-17-. The zero-order valence-electron chi connectivity index (χ0n) is 18.2. The fourth-order valence-electron chi connectivity index (χ4n) is 3.33. The number of benzene rings is 4. The second kappa shape index (κ2) is 9.78. The molecule has 0 saturated heterocycles. The Morgan fingerprint density at radius 2 is 1.67 bits per heavy atom. The van der Waals surface area contributed by atoms with Gasteiger partial charge in [0.05, 0.1) is 18.9 Å². The number of amides is 1. The van der Waals surface area contributed by atoms with Gasteiger partial charge >= 0.3 is 5.97 Å². The highest BCUT2D eigenvalue weighted by molar-refractivity contribution is 6.04. The van der Waals surface area contributed by atoms with Crippen molar-refractivity contribution in [2.75, 3.05) is 7.11 Å². The fourth-order valence-corrected chi connectivity index (χ4v) is 3.33. The first-order valence-electron chi connectivity index (χ1n) is 10.3. The van der Waals surface area contributed by atoms with E-state index in [2.05, 4.69) is 10.5 Å². The molecule has 0 atom stereocenters. The molecule has 0 aromatic heterocycles. The zero-order chi connectivity index (χ0) is 23.2.